The van der Waals surface area contributed by atoms with Gasteiger partial charge in [0.05, 0.1) is 5.56 Å². The number of aromatic carboxylic acids is 1. The number of hydrogen-bond acceptors (Lipinski definition) is 2. The molecule has 0 radical (unpaired) electrons. The van der Waals surface area contributed by atoms with Crippen molar-refractivity contribution in [3.05, 3.63) is 81.6 Å². The molecule has 0 saturated heterocycles. The number of benzene rings is 2. The van der Waals surface area contributed by atoms with Gasteiger partial charge in [0.1, 0.15) is 0 Å². The molecule has 22 heavy (non-hydrogen) atoms. The molecule has 1 heterocycles. The Labute approximate surface area is 126 Å². The van der Waals surface area contributed by atoms with Gasteiger partial charge in [0.15, 0.2) is 5.43 Å². The number of fused-ring (bicyclic) bond motifs is 1. The number of hydrogen-bond donors (Lipinski definition) is 2. The van der Waals surface area contributed by atoms with Crippen LogP contribution in [0.1, 0.15) is 21.6 Å². The summed E-state index contributed by atoms with van der Waals surface area (Å²) in [5.41, 5.74) is 2.56. The van der Waals surface area contributed by atoms with Crippen LogP contribution in [0.5, 0.6) is 0 Å². The van der Waals surface area contributed by atoms with E-state index < -0.39 is 5.97 Å². The summed E-state index contributed by atoms with van der Waals surface area (Å²) in [7, 11) is 0. The fourth-order valence-electron chi connectivity index (χ4n) is 2.23. The van der Waals surface area contributed by atoms with E-state index in [0.29, 0.717) is 11.1 Å². The third-order valence-corrected chi connectivity index (χ3v) is 3.37. The highest BCUT2D eigenvalue weighted by atomic mass is 16.4. The number of carboxylic acid groups (broad SMARTS) is 1. The van der Waals surface area contributed by atoms with E-state index in [4.69, 9.17) is 5.11 Å². The summed E-state index contributed by atoms with van der Waals surface area (Å²) in [6, 6.07) is 15.4. The average Bonchev–Trinajstić information content (AvgIpc) is 2.53. The molecule has 1 aromatic heterocycles. The highest BCUT2D eigenvalue weighted by Gasteiger charge is 2.01. The third-order valence-electron chi connectivity index (χ3n) is 3.37. The largest absolute Gasteiger partial charge is 0.478 e. The molecule has 0 amide bonds. The number of carboxylic acids is 1. The van der Waals surface area contributed by atoms with Gasteiger partial charge in [-0.15, -0.1) is 0 Å². The minimum Gasteiger partial charge on any atom is -0.478 e. The van der Waals surface area contributed by atoms with Crippen molar-refractivity contribution in [2.24, 2.45) is 0 Å². The summed E-state index contributed by atoms with van der Waals surface area (Å²) < 4.78 is 0. The van der Waals surface area contributed by atoms with Gasteiger partial charge in [-0.25, -0.2) is 4.79 Å². The Morgan fingerprint density at radius 3 is 2.45 bits per heavy atom. The van der Waals surface area contributed by atoms with E-state index in [2.05, 4.69) is 4.98 Å². The average molecular weight is 291 g/mol. The smallest absolute Gasteiger partial charge is 0.335 e. The van der Waals surface area contributed by atoms with Gasteiger partial charge >= 0.3 is 5.97 Å². The molecule has 3 aromatic rings. The highest BCUT2D eigenvalue weighted by molar-refractivity contribution is 5.88. The lowest BCUT2D eigenvalue weighted by Gasteiger charge is -2.00. The van der Waals surface area contributed by atoms with E-state index in [1.807, 2.05) is 24.3 Å². The van der Waals surface area contributed by atoms with E-state index in [1.165, 1.54) is 0 Å². The molecular formula is C18H13NO3. The Morgan fingerprint density at radius 1 is 1.00 bits per heavy atom. The standard InChI is InChI=1S/C18H13NO3/c20-17-11-14(19-16-4-2-1-3-15(16)17)10-7-12-5-8-13(9-6-12)18(21)22/h1-11H,(H,19,20)(H,21,22). The Hall–Kier alpha value is -3.14. The Balaban J connectivity index is 1.92. The van der Waals surface area contributed by atoms with Gasteiger partial charge in [0, 0.05) is 22.7 Å². The van der Waals surface area contributed by atoms with Crippen LogP contribution in [0.15, 0.2) is 59.4 Å². The molecule has 3 rings (SSSR count). The predicted molar refractivity (Wildman–Crippen MR) is 86.9 cm³/mol. The lowest BCUT2D eigenvalue weighted by molar-refractivity contribution is 0.0697. The fourth-order valence-corrected chi connectivity index (χ4v) is 2.23. The molecule has 2 N–H and O–H groups in total. The van der Waals surface area contributed by atoms with Crippen molar-refractivity contribution >= 4 is 29.0 Å². The summed E-state index contributed by atoms with van der Waals surface area (Å²) in [6.07, 6.45) is 3.62. The molecule has 0 aliphatic rings. The summed E-state index contributed by atoms with van der Waals surface area (Å²) >= 11 is 0. The lowest BCUT2D eigenvalue weighted by atomic mass is 10.1. The van der Waals surface area contributed by atoms with Gasteiger partial charge in [0.2, 0.25) is 0 Å². The van der Waals surface area contributed by atoms with Gasteiger partial charge in [-0.05, 0) is 35.9 Å². The van der Waals surface area contributed by atoms with E-state index in [0.717, 1.165) is 11.1 Å². The van der Waals surface area contributed by atoms with Crippen LogP contribution >= 0.6 is 0 Å². The first-order valence-electron chi connectivity index (χ1n) is 6.77. The number of para-hydroxylation sites is 1. The molecule has 4 nitrogen and oxygen atoms in total. The molecule has 4 heteroatoms. The van der Waals surface area contributed by atoms with Crippen LogP contribution in [0.3, 0.4) is 0 Å². The normalized spacial score (nSPS) is 11.1. The molecule has 0 spiro atoms. The van der Waals surface area contributed by atoms with Crippen molar-refractivity contribution in [3.8, 4) is 0 Å². The molecule has 0 bridgehead atoms. The number of pyridine rings is 1. The van der Waals surface area contributed by atoms with Crippen LogP contribution in [0.25, 0.3) is 23.1 Å². The van der Waals surface area contributed by atoms with Crippen molar-refractivity contribution in [2.45, 2.75) is 0 Å². The number of aromatic nitrogens is 1. The third kappa shape index (κ3) is 2.81. The zero-order valence-electron chi connectivity index (χ0n) is 11.6. The second kappa shape index (κ2) is 5.69. The summed E-state index contributed by atoms with van der Waals surface area (Å²) in [6.45, 7) is 0. The van der Waals surface area contributed by atoms with Crippen LogP contribution < -0.4 is 5.43 Å². The number of carbonyl (C=O) groups is 1. The molecule has 0 atom stereocenters. The maximum absolute atomic E-state index is 12.0. The first-order chi connectivity index (χ1) is 10.6. The highest BCUT2D eigenvalue weighted by Crippen LogP contribution is 2.11. The molecule has 0 unspecified atom stereocenters. The molecule has 0 saturated carbocycles. The monoisotopic (exact) mass is 291 g/mol. The Kier molecular flexibility index (Phi) is 3.58. The van der Waals surface area contributed by atoms with Gasteiger partial charge in [-0.2, -0.15) is 0 Å². The van der Waals surface area contributed by atoms with Crippen molar-refractivity contribution in [2.75, 3.05) is 0 Å². The molecule has 0 aliphatic carbocycles. The summed E-state index contributed by atoms with van der Waals surface area (Å²) in [5, 5.41) is 9.51. The Morgan fingerprint density at radius 2 is 1.73 bits per heavy atom. The minimum absolute atomic E-state index is 0.0322. The number of rotatable bonds is 3. The van der Waals surface area contributed by atoms with E-state index in [-0.39, 0.29) is 11.0 Å². The summed E-state index contributed by atoms with van der Waals surface area (Å²) in [5.74, 6) is -0.950. The first kappa shape index (κ1) is 13.8. The maximum atomic E-state index is 12.0. The van der Waals surface area contributed by atoms with Crippen molar-refractivity contribution in [1.29, 1.82) is 0 Å². The van der Waals surface area contributed by atoms with Crippen LogP contribution in [-0.4, -0.2) is 16.1 Å². The van der Waals surface area contributed by atoms with Crippen LogP contribution in [-0.2, 0) is 0 Å². The van der Waals surface area contributed by atoms with Gasteiger partial charge < -0.3 is 10.1 Å². The Bertz CT molecular complexity index is 921. The fraction of sp³-hybridized carbons (Fsp3) is 0. The van der Waals surface area contributed by atoms with Crippen LogP contribution in [0.4, 0.5) is 0 Å². The van der Waals surface area contributed by atoms with Crippen molar-refractivity contribution in [3.63, 3.8) is 0 Å². The van der Waals surface area contributed by atoms with Crippen LogP contribution in [0.2, 0.25) is 0 Å². The zero-order chi connectivity index (χ0) is 15.5. The van der Waals surface area contributed by atoms with Crippen LogP contribution in [0, 0.1) is 0 Å². The zero-order valence-corrected chi connectivity index (χ0v) is 11.6. The minimum atomic E-state index is -0.950. The van der Waals surface area contributed by atoms with Gasteiger partial charge in [0.25, 0.3) is 0 Å². The van der Waals surface area contributed by atoms with Gasteiger partial charge in [-0.1, -0.05) is 30.3 Å². The number of H-pyrrole nitrogens is 1. The topological polar surface area (TPSA) is 70.2 Å². The quantitative estimate of drug-likeness (QED) is 0.777. The van der Waals surface area contributed by atoms with Gasteiger partial charge in [-0.3, -0.25) is 4.79 Å². The second-order valence-corrected chi connectivity index (χ2v) is 4.90. The predicted octanol–water partition coefficient (Wildman–Crippen LogP) is 3.40. The number of nitrogens with one attached hydrogen (secondary N) is 1. The maximum Gasteiger partial charge on any atom is 0.335 e. The lowest BCUT2D eigenvalue weighted by Crippen LogP contribution is -2.02. The SMILES string of the molecule is O=C(O)c1ccc(C=Cc2cc(=O)c3ccccc3[nH]2)cc1. The molecule has 0 aliphatic heterocycles. The summed E-state index contributed by atoms with van der Waals surface area (Å²) in [4.78, 5) is 26.0. The molecule has 108 valence electrons. The second-order valence-electron chi connectivity index (χ2n) is 4.90. The molecular weight excluding hydrogens is 278 g/mol. The molecule has 0 fully saturated rings. The van der Waals surface area contributed by atoms with E-state index in [1.54, 1.807) is 42.5 Å². The number of aromatic amines is 1. The molecule has 2 aromatic carbocycles. The van der Waals surface area contributed by atoms with E-state index in [9.17, 15) is 9.59 Å². The van der Waals surface area contributed by atoms with E-state index >= 15 is 0 Å². The van der Waals surface area contributed by atoms with Crippen molar-refractivity contribution < 1.29 is 9.90 Å². The first-order valence-corrected chi connectivity index (χ1v) is 6.77. The van der Waals surface area contributed by atoms with Crippen molar-refractivity contribution in [1.82, 2.24) is 4.98 Å².